The van der Waals surface area contributed by atoms with Crippen LogP contribution in [0, 0.1) is 5.92 Å². The lowest BCUT2D eigenvalue weighted by Crippen LogP contribution is -2.28. The van der Waals surface area contributed by atoms with Crippen molar-refractivity contribution in [2.45, 2.75) is 6.42 Å². The minimum absolute atomic E-state index is 0.00222. The van der Waals surface area contributed by atoms with E-state index in [-0.39, 0.29) is 18.9 Å². The van der Waals surface area contributed by atoms with E-state index in [0.717, 1.165) is 0 Å². The maximum atomic E-state index is 12.6. The smallest absolute Gasteiger partial charge is 0.311 e. The Labute approximate surface area is 221 Å². The van der Waals surface area contributed by atoms with E-state index in [9.17, 15) is 14.4 Å². The van der Waals surface area contributed by atoms with E-state index in [1.165, 1.54) is 4.90 Å². The monoisotopic (exact) mass is 572 g/mol. The number of amides is 2. The molecule has 4 rings (SSSR count). The SMILES string of the molecule is COc1ccccc1Oc1ccc(N2C[C@@H](C(=O)OCC(=O)Nc3ccc(Br)c(Cl)c3)CC2=O)cc1. The number of hydrogen-bond donors (Lipinski definition) is 1. The second-order valence-corrected chi connectivity index (χ2v) is 9.20. The van der Waals surface area contributed by atoms with Crippen molar-refractivity contribution in [1.29, 1.82) is 0 Å². The predicted octanol–water partition coefficient (Wildman–Crippen LogP) is 5.44. The van der Waals surface area contributed by atoms with Crippen LogP contribution in [0.3, 0.4) is 0 Å². The van der Waals surface area contributed by atoms with E-state index in [1.54, 1.807) is 61.7 Å². The van der Waals surface area contributed by atoms with Crippen LogP contribution < -0.4 is 19.7 Å². The zero-order valence-electron chi connectivity index (χ0n) is 19.2. The standard InChI is InChI=1S/C26H22BrClN2O6/c1-34-22-4-2-3-5-23(22)36-19-9-7-18(8-10-19)30-14-16(12-25(30)32)26(33)35-15-24(31)29-17-6-11-20(27)21(28)13-17/h2-11,13,16H,12,14-15H2,1H3,(H,29,31)/t16-/m0/s1. The molecular weight excluding hydrogens is 552 g/mol. The summed E-state index contributed by atoms with van der Waals surface area (Å²) in [6, 6.07) is 19.2. The Balaban J connectivity index is 1.30. The molecule has 8 nitrogen and oxygen atoms in total. The molecule has 0 unspecified atom stereocenters. The third kappa shape index (κ3) is 6.16. The number of benzene rings is 3. The maximum absolute atomic E-state index is 12.6. The number of ether oxygens (including phenoxy) is 3. The van der Waals surface area contributed by atoms with Gasteiger partial charge >= 0.3 is 5.97 Å². The molecular formula is C26H22BrClN2O6. The van der Waals surface area contributed by atoms with Crippen molar-refractivity contribution in [3.05, 3.63) is 76.2 Å². The molecule has 1 heterocycles. The molecule has 0 bridgehead atoms. The first-order chi connectivity index (χ1) is 17.3. The van der Waals surface area contributed by atoms with E-state index in [0.29, 0.717) is 38.1 Å². The molecule has 1 aliphatic rings. The second-order valence-electron chi connectivity index (χ2n) is 7.94. The van der Waals surface area contributed by atoms with Gasteiger partial charge in [0.2, 0.25) is 5.91 Å². The summed E-state index contributed by atoms with van der Waals surface area (Å²) in [7, 11) is 1.57. The second kappa shape index (κ2) is 11.5. The van der Waals surface area contributed by atoms with Crippen LogP contribution in [-0.2, 0) is 19.1 Å². The molecule has 0 aliphatic carbocycles. The molecule has 3 aromatic rings. The number of para-hydroxylation sites is 2. The fourth-order valence-electron chi connectivity index (χ4n) is 3.66. The molecule has 0 saturated carbocycles. The van der Waals surface area contributed by atoms with E-state index in [4.69, 9.17) is 25.8 Å². The van der Waals surface area contributed by atoms with Gasteiger partial charge in [-0.1, -0.05) is 23.7 Å². The van der Waals surface area contributed by atoms with Gasteiger partial charge in [-0.25, -0.2) is 0 Å². The molecule has 1 saturated heterocycles. The molecule has 1 aliphatic heterocycles. The summed E-state index contributed by atoms with van der Waals surface area (Å²) in [6.07, 6.45) is 0.00222. The van der Waals surface area contributed by atoms with Crippen molar-refractivity contribution in [3.63, 3.8) is 0 Å². The van der Waals surface area contributed by atoms with E-state index in [1.807, 2.05) is 12.1 Å². The lowest BCUT2D eigenvalue weighted by atomic mass is 10.1. The Hall–Kier alpha value is -3.56. The summed E-state index contributed by atoms with van der Waals surface area (Å²) in [5.74, 6) is -0.239. The van der Waals surface area contributed by atoms with Gasteiger partial charge in [-0.2, -0.15) is 0 Å². The molecule has 1 N–H and O–H groups in total. The highest BCUT2D eigenvalue weighted by molar-refractivity contribution is 9.10. The fraction of sp³-hybridized carbons (Fsp3) is 0.192. The molecule has 1 fully saturated rings. The molecule has 186 valence electrons. The highest BCUT2D eigenvalue weighted by atomic mass is 79.9. The summed E-state index contributed by atoms with van der Waals surface area (Å²) < 4.78 is 17.0. The number of carbonyl (C=O) groups excluding carboxylic acids is 3. The number of nitrogens with one attached hydrogen (secondary N) is 1. The first-order valence-corrected chi connectivity index (χ1v) is 12.1. The quantitative estimate of drug-likeness (QED) is 0.361. The van der Waals surface area contributed by atoms with E-state index in [2.05, 4.69) is 21.2 Å². The van der Waals surface area contributed by atoms with Gasteiger partial charge < -0.3 is 24.4 Å². The Bertz CT molecular complexity index is 1280. The Morgan fingerprint density at radius 2 is 1.81 bits per heavy atom. The van der Waals surface area contributed by atoms with E-state index >= 15 is 0 Å². The first-order valence-electron chi connectivity index (χ1n) is 11.0. The molecule has 1 atom stereocenters. The zero-order valence-corrected chi connectivity index (χ0v) is 21.5. The summed E-state index contributed by atoms with van der Waals surface area (Å²) in [5.41, 5.74) is 1.11. The van der Waals surface area contributed by atoms with Gasteiger partial charge in [0.15, 0.2) is 18.1 Å². The average Bonchev–Trinajstić information content (AvgIpc) is 3.27. The van der Waals surface area contributed by atoms with Gasteiger partial charge in [0, 0.05) is 28.8 Å². The van der Waals surface area contributed by atoms with Gasteiger partial charge in [0.25, 0.3) is 5.91 Å². The number of nitrogens with zero attached hydrogens (tertiary/aromatic N) is 1. The van der Waals surface area contributed by atoms with Crippen LogP contribution in [0.25, 0.3) is 0 Å². The van der Waals surface area contributed by atoms with Gasteiger partial charge in [-0.05, 0) is 70.5 Å². The molecule has 3 aromatic carbocycles. The number of esters is 1. The van der Waals surface area contributed by atoms with Crippen molar-refractivity contribution in [2.24, 2.45) is 5.92 Å². The van der Waals surface area contributed by atoms with Crippen molar-refractivity contribution in [3.8, 4) is 17.2 Å². The minimum Gasteiger partial charge on any atom is -0.493 e. The number of anilines is 2. The highest BCUT2D eigenvalue weighted by Crippen LogP contribution is 2.33. The number of halogens is 2. The van der Waals surface area contributed by atoms with Crippen LogP contribution in [0.1, 0.15) is 6.42 Å². The average molecular weight is 574 g/mol. The normalized spacial score (nSPS) is 14.9. The number of methoxy groups -OCH3 is 1. The summed E-state index contributed by atoms with van der Waals surface area (Å²) in [4.78, 5) is 38.7. The maximum Gasteiger partial charge on any atom is 0.311 e. The van der Waals surface area contributed by atoms with Crippen LogP contribution in [0.4, 0.5) is 11.4 Å². The molecule has 2 amide bonds. The zero-order chi connectivity index (χ0) is 25.7. The minimum atomic E-state index is -0.670. The van der Waals surface area contributed by atoms with Crippen molar-refractivity contribution in [2.75, 3.05) is 30.5 Å². The van der Waals surface area contributed by atoms with Gasteiger partial charge in [-0.3, -0.25) is 14.4 Å². The fourth-order valence-corrected chi connectivity index (χ4v) is 4.09. The van der Waals surface area contributed by atoms with Crippen LogP contribution in [0.2, 0.25) is 5.02 Å². The van der Waals surface area contributed by atoms with Crippen LogP contribution in [0.5, 0.6) is 17.2 Å². The van der Waals surface area contributed by atoms with Gasteiger partial charge in [0.1, 0.15) is 5.75 Å². The third-order valence-electron chi connectivity index (χ3n) is 5.45. The van der Waals surface area contributed by atoms with Gasteiger partial charge in [0.05, 0.1) is 18.1 Å². The summed E-state index contributed by atoms with van der Waals surface area (Å²) in [6.45, 7) is -0.305. The molecule has 36 heavy (non-hydrogen) atoms. The molecule has 0 aromatic heterocycles. The Morgan fingerprint density at radius 3 is 2.50 bits per heavy atom. The van der Waals surface area contributed by atoms with Crippen molar-refractivity contribution >= 4 is 56.7 Å². The van der Waals surface area contributed by atoms with E-state index < -0.39 is 24.4 Å². The van der Waals surface area contributed by atoms with Crippen molar-refractivity contribution in [1.82, 2.24) is 0 Å². The predicted molar refractivity (Wildman–Crippen MR) is 139 cm³/mol. The van der Waals surface area contributed by atoms with Crippen LogP contribution in [-0.4, -0.2) is 38.0 Å². The van der Waals surface area contributed by atoms with Crippen LogP contribution in [0.15, 0.2) is 71.2 Å². The largest absolute Gasteiger partial charge is 0.493 e. The lowest BCUT2D eigenvalue weighted by Gasteiger charge is -2.17. The lowest BCUT2D eigenvalue weighted by molar-refractivity contribution is -0.151. The number of rotatable bonds is 8. The number of hydrogen-bond acceptors (Lipinski definition) is 6. The van der Waals surface area contributed by atoms with Crippen molar-refractivity contribution < 1.29 is 28.6 Å². The Kier molecular flexibility index (Phi) is 8.12. The Morgan fingerprint density at radius 1 is 1.08 bits per heavy atom. The van der Waals surface area contributed by atoms with Gasteiger partial charge in [-0.15, -0.1) is 0 Å². The number of carbonyl (C=O) groups is 3. The van der Waals surface area contributed by atoms with Crippen LogP contribution >= 0.6 is 27.5 Å². The third-order valence-corrected chi connectivity index (χ3v) is 6.69. The molecule has 10 heteroatoms. The molecule has 0 radical (unpaired) electrons. The first kappa shape index (κ1) is 25.5. The highest BCUT2D eigenvalue weighted by Gasteiger charge is 2.36. The summed E-state index contributed by atoms with van der Waals surface area (Å²) >= 11 is 9.29. The topological polar surface area (TPSA) is 94.2 Å². The summed E-state index contributed by atoms with van der Waals surface area (Å²) in [5, 5.41) is 3.05. The molecule has 0 spiro atoms.